The van der Waals surface area contributed by atoms with Crippen molar-refractivity contribution in [1.29, 1.82) is 0 Å². The van der Waals surface area contributed by atoms with Crippen molar-refractivity contribution in [2.24, 2.45) is 5.73 Å². The zero-order chi connectivity index (χ0) is 38.8. The molecule has 28 heteroatoms. The van der Waals surface area contributed by atoms with Crippen LogP contribution in [0.15, 0.2) is 53.8 Å². The first-order valence-electron chi connectivity index (χ1n) is 15.0. The lowest BCUT2D eigenvalue weighted by molar-refractivity contribution is -0.115. The maximum Gasteiger partial charge on any atom is 0.481 e. The van der Waals surface area contributed by atoms with E-state index in [9.17, 15) is 48.9 Å². The van der Waals surface area contributed by atoms with E-state index in [-0.39, 0.29) is 39.5 Å². The number of aliphatic hydroxyl groups is 4. The smallest absolute Gasteiger partial charge is 0.422 e. The SMILES string of the molecule is NC(=O)C1=CN([C@@H]2O[C@H](COP(=O)(O)OP(=O)(O)OC[C@H]3O[C@@H](n4cnc5c(N)ncnc54)[C@H](O)[C@@H]3O)[C@@H](O)[C@H]2O)C=CC1.Nc1ccnc(=O)n1O. The van der Waals surface area contributed by atoms with E-state index in [0.717, 1.165) is 6.33 Å². The molecule has 2 fully saturated rings. The topological polar surface area (TPSA) is 399 Å². The van der Waals surface area contributed by atoms with Gasteiger partial charge < -0.3 is 67.0 Å². The Hall–Kier alpha value is -4.40. The molecule has 0 aromatic carbocycles. The number of amides is 1. The third-order valence-corrected chi connectivity index (χ3v) is 10.3. The van der Waals surface area contributed by atoms with Gasteiger partial charge in [-0.15, -0.1) is 4.73 Å². The number of nitrogens with zero attached hydrogens (tertiary/aromatic N) is 7. The van der Waals surface area contributed by atoms with Crippen LogP contribution >= 0.6 is 15.6 Å². The second-order valence-electron chi connectivity index (χ2n) is 11.3. The van der Waals surface area contributed by atoms with E-state index in [1.807, 2.05) is 0 Å². The largest absolute Gasteiger partial charge is 0.481 e. The molecular weight excluding hydrogens is 758 g/mol. The maximum atomic E-state index is 12.4. The number of aliphatic hydroxyl groups excluding tert-OH is 4. The number of primary amides is 1. The van der Waals surface area contributed by atoms with Crippen LogP contribution in [0, 0.1) is 0 Å². The molecule has 3 aromatic heterocycles. The summed E-state index contributed by atoms with van der Waals surface area (Å²) in [6.45, 7) is -1.79. The van der Waals surface area contributed by atoms with Crippen LogP contribution < -0.4 is 22.9 Å². The minimum absolute atomic E-state index is 0.0185. The molecule has 0 radical (unpaired) electrons. The van der Waals surface area contributed by atoms with Gasteiger partial charge in [0, 0.05) is 30.2 Å². The maximum absolute atomic E-state index is 12.4. The van der Waals surface area contributed by atoms with Crippen molar-refractivity contribution in [2.45, 2.75) is 55.5 Å². The Morgan fingerprint density at radius 1 is 0.925 bits per heavy atom. The van der Waals surface area contributed by atoms with E-state index in [2.05, 4.69) is 24.2 Å². The molecule has 2 unspecified atom stereocenters. The molecule has 10 atom stereocenters. The van der Waals surface area contributed by atoms with Crippen LogP contribution in [-0.4, -0.2) is 132 Å². The van der Waals surface area contributed by atoms with E-state index in [4.69, 9.17) is 40.9 Å². The molecule has 3 aromatic rings. The van der Waals surface area contributed by atoms with Crippen LogP contribution in [0.3, 0.4) is 0 Å². The van der Waals surface area contributed by atoms with Gasteiger partial charge in [-0.05, 0) is 6.42 Å². The van der Waals surface area contributed by atoms with E-state index in [1.54, 1.807) is 6.08 Å². The molecule has 1 amide bonds. The summed E-state index contributed by atoms with van der Waals surface area (Å²) in [7, 11) is -10.7. The fourth-order valence-electron chi connectivity index (χ4n) is 5.09. The van der Waals surface area contributed by atoms with Crippen molar-refractivity contribution in [3.05, 3.63) is 59.5 Å². The zero-order valence-electron chi connectivity index (χ0n) is 26.8. The molecule has 26 nitrogen and oxygen atoms in total. The number of anilines is 2. The van der Waals surface area contributed by atoms with Crippen LogP contribution in [-0.2, 0) is 36.8 Å². The van der Waals surface area contributed by atoms with Crippen LogP contribution in [0.4, 0.5) is 11.6 Å². The number of rotatable bonds is 11. The van der Waals surface area contributed by atoms with Gasteiger partial charge in [0.1, 0.15) is 54.3 Å². The van der Waals surface area contributed by atoms with Gasteiger partial charge in [-0.1, -0.05) is 6.08 Å². The highest BCUT2D eigenvalue weighted by atomic mass is 31.3. The molecule has 6 heterocycles. The van der Waals surface area contributed by atoms with E-state index >= 15 is 0 Å². The summed E-state index contributed by atoms with van der Waals surface area (Å²) >= 11 is 0. The Bertz CT molecular complexity index is 2030. The van der Waals surface area contributed by atoms with Gasteiger partial charge in [0.15, 0.2) is 23.9 Å². The molecule has 13 N–H and O–H groups in total. The summed E-state index contributed by atoms with van der Waals surface area (Å²) in [5.74, 6) is -0.676. The normalized spacial score (nSPS) is 29.2. The number of nitrogen functional groups attached to an aromatic ring is 2. The number of imidazole rings is 1. The quantitative estimate of drug-likeness (QED) is 0.0661. The Morgan fingerprint density at radius 3 is 2.11 bits per heavy atom. The number of hydrogen-bond donors (Lipinski definition) is 10. The third kappa shape index (κ3) is 9.05. The number of carbonyl (C=O) groups is 1. The van der Waals surface area contributed by atoms with Gasteiger partial charge in [-0.25, -0.2) is 28.9 Å². The summed E-state index contributed by atoms with van der Waals surface area (Å²) in [4.78, 5) is 58.2. The van der Waals surface area contributed by atoms with Crippen molar-refractivity contribution < 1.29 is 72.2 Å². The first-order chi connectivity index (χ1) is 24.9. The number of carbonyl (C=O) groups excluding carboxylic acids is 1. The number of fused-ring (bicyclic) bond motifs is 1. The van der Waals surface area contributed by atoms with Gasteiger partial charge in [-0.2, -0.15) is 9.29 Å². The number of allylic oxidation sites excluding steroid dienone is 1. The number of phosphoric acid groups is 2. The highest BCUT2D eigenvalue weighted by Gasteiger charge is 2.48. The molecular formula is C25H34N10O16P2. The van der Waals surface area contributed by atoms with Gasteiger partial charge >= 0.3 is 21.3 Å². The summed E-state index contributed by atoms with van der Waals surface area (Å²) in [5.41, 5.74) is 15.9. The number of ether oxygens (including phenoxy) is 2. The van der Waals surface area contributed by atoms with Crippen LogP contribution in [0.5, 0.6) is 0 Å². The Labute approximate surface area is 296 Å². The van der Waals surface area contributed by atoms with Crippen LogP contribution in [0.25, 0.3) is 11.2 Å². The standard InChI is InChI=1S/C21H29N7O14P2.C4H5N3O2/c22-17-12-19(25-7-24-17)28(8-26-12)21-16(32)14(30)11(41-21)6-39-44(36,37)42-43(34,35)38-5-10-13(29)15(31)20(40-10)27-3-1-2-9(4-27)18(23)33;5-3-1-2-6-4(8)7(3)9/h1,3-4,7-8,10-11,13-16,20-21,29-32H,2,5-6H2,(H2,23,33)(H,34,35)(H,36,37)(H2,22,24,25);1-2,9H,5H2/t10-,11-,13-,14-,15-,16-,20-,21-;/m1./s1. The molecule has 2 saturated heterocycles. The minimum Gasteiger partial charge on any atom is -0.422 e. The molecule has 0 aliphatic carbocycles. The molecule has 3 aliphatic rings. The number of hydrogen-bond acceptors (Lipinski definition) is 21. The third-order valence-electron chi connectivity index (χ3n) is 7.73. The second kappa shape index (κ2) is 15.9. The first kappa shape index (κ1) is 39.8. The molecule has 6 rings (SSSR count). The Balaban J connectivity index is 0.000000526. The lowest BCUT2D eigenvalue weighted by Crippen LogP contribution is -2.40. The fraction of sp³-hybridized carbons (Fsp3) is 0.440. The van der Waals surface area contributed by atoms with Crippen LogP contribution in [0.1, 0.15) is 12.6 Å². The molecule has 0 bridgehead atoms. The van der Waals surface area contributed by atoms with Crippen molar-refractivity contribution in [2.75, 3.05) is 24.7 Å². The predicted octanol–water partition coefficient (Wildman–Crippen LogP) is -3.62. The van der Waals surface area contributed by atoms with Gasteiger partial charge in [0.25, 0.3) is 0 Å². The van der Waals surface area contributed by atoms with E-state index in [0.29, 0.717) is 0 Å². The first-order valence-corrected chi connectivity index (χ1v) is 18.0. The van der Waals surface area contributed by atoms with Gasteiger partial charge in [0.05, 0.1) is 19.5 Å². The number of aromatic nitrogens is 6. The zero-order valence-corrected chi connectivity index (χ0v) is 28.6. The van der Waals surface area contributed by atoms with E-state index < -0.39 is 89.5 Å². The summed E-state index contributed by atoms with van der Waals surface area (Å²) < 4.78 is 51.1. The molecule has 53 heavy (non-hydrogen) atoms. The highest BCUT2D eigenvalue weighted by Crippen LogP contribution is 2.60. The minimum atomic E-state index is -5.37. The number of nitrogens with two attached hydrogens (primary N) is 3. The van der Waals surface area contributed by atoms with Crippen LogP contribution in [0.2, 0.25) is 0 Å². The Morgan fingerprint density at radius 2 is 1.53 bits per heavy atom. The fourth-order valence-corrected chi connectivity index (χ4v) is 7.18. The average Bonchev–Trinajstić information content (AvgIpc) is 3.75. The second-order valence-corrected chi connectivity index (χ2v) is 14.3. The summed E-state index contributed by atoms with van der Waals surface area (Å²) in [6.07, 6.45) is -3.65. The monoisotopic (exact) mass is 792 g/mol. The number of phosphoric ester groups is 2. The summed E-state index contributed by atoms with van der Waals surface area (Å²) in [5, 5.41) is 50.3. The van der Waals surface area contributed by atoms with Gasteiger partial charge in [-0.3, -0.25) is 18.4 Å². The average molecular weight is 793 g/mol. The highest BCUT2D eigenvalue weighted by molar-refractivity contribution is 7.61. The molecule has 0 saturated carbocycles. The van der Waals surface area contributed by atoms with Crippen molar-refractivity contribution in [3.63, 3.8) is 0 Å². The van der Waals surface area contributed by atoms with Crippen molar-refractivity contribution in [3.8, 4) is 0 Å². The van der Waals surface area contributed by atoms with Crippen molar-refractivity contribution in [1.82, 2.24) is 34.1 Å². The summed E-state index contributed by atoms with van der Waals surface area (Å²) in [6, 6.07) is 1.32. The molecule has 290 valence electrons. The van der Waals surface area contributed by atoms with Crippen molar-refractivity contribution >= 4 is 44.4 Å². The molecule has 3 aliphatic heterocycles. The van der Waals surface area contributed by atoms with E-state index in [1.165, 1.54) is 40.5 Å². The molecule has 0 spiro atoms. The Kier molecular flexibility index (Phi) is 11.9. The predicted molar refractivity (Wildman–Crippen MR) is 172 cm³/mol. The lowest BCUT2D eigenvalue weighted by atomic mass is 10.1. The van der Waals surface area contributed by atoms with Gasteiger partial charge in [0.2, 0.25) is 5.91 Å². The lowest BCUT2D eigenvalue weighted by Gasteiger charge is -2.28.